The largest absolute Gasteiger partial charge is 0.370 e. The number of halogens is 1. The van der Waals surface area contributed by atoms with E-state index in [0.717, 1.165) is 5.56 Å². The van der Waals surface area contributed by atoms with E-state index in [1.807, 2.05) is 27.7 Å². The molecule has 7 heteroatoms. The van der Waals surface area contributed by atoms with Gasteiger partial charge in [0.2, 0.25) is 0 Å². The van der Waals surface area contributed by atoms with Crippen molar-refractivity contribution in [3.05, 3.63) is 16.5 Å². The SMILES string of the molecule is Cc1c(Cl)nc(C(C)(C)C)nc1NCCCS(C)(=O)=O. The van der Waals surface area contributed by atoms with Crippen LogP contribution in [0.4, 0.5) is 5.82 Å². The van der Waals surface area contributed by atoms with Crippen LogP contribution in [0, 0.1) is 6.92 Å². The van der Waals surface area contributed by atoms with E-state index in [2.05, 4.69) is 15.3 Å². The first-order valence-electron chi connectivity index (χ1n) is 6.47. The van der Waals surface area contributed by atoms with Gasteiger partial charge in [-0.15, -0.1) is 0 Å². The topological polar surface area (TPSA) is 72.0 Å². The maximum absolute atomic E-state index is 11.1. The molecule has 0 aliphatic carbocycles. The third kappa shape index (κ3) is 5.25. The second-order valence-electron chi connectivity index (χ2n) is 5.97. The number of rotatable bonds is 5. The van der Waals surface area contributed by atoms with Crippen LogP contribution in [-0.4, -0.2) is 36.9 Å². The van der Waals surface area contributed by atoms with Gasteiger partial charge in [0.25, 0.3) is 0 Å². The van der Waals surface area contributed by atoms with Crippen molar-refractivity contribution in [3.63, 3.8) is 0 Å². The van der Waals surface area contributed by atoms with Crippen LogP contribution in [0.3, 0.4) is 0 Å². The maximum atomic E-state index is 11.1. The fourth-order valence-corrected chi connectivity index (χ4v) is 2.38. The molecular weight excluding hydrogens is 298 g/mol. The van der Waals surface area contributed by atoms with E-state index in [9.17, 15) is 8.42 Å². The first-order valence-corrected chi connectivity index (χ1v) is 8.91. The minimum atomic E-state index is -2.93. The highest BCUT2D eigenvalue weighted by Crippen LogP contribution is 2.25. The molecule has 1 N–H and O–H groups in total. The minimum absolute atomic E-state index is 0.157. The Morgan fingerprint density at radius 1 is 1.25 bits per heavy atom. The normalized spacial score (nSPS) is 12.5. The van der Waals surface area contributed by atoms with E-state index >= 15 is 0 Å². The number of sulfone groups is 1. The lowest BCUT2D eigenvalue weighted by Crippen LogP contribution is -2.19. The van der Waals surface area contributed by atoms with E-state index in [4.69, 9.17) is 11.6 Å². The number of nitrogens with zero attached hydrogens (tertiary/aromatic N) is 2. The van der Waals surface area contributed by atoms with Crippen LogP contribution < -0.4 is 5.32 Å². The number of hydrogen-bond donors (Lipinski definition) is 1. The quantitative estimate of drug-likeness (QED) is 0.667. The summed E-state index contributed by atoms with van der Waals surface area (Å²) in [5.74, 6) is 1.49. The molecule has 0 saturated heterocycles. The predicted octanol–water partition coefficient (Wildman–Crippen LogP) is 2.58. The van der Waals surface area contributed by atoms with Crippen molar-refractivity contribution < 1.29 is 8.42 Å². The summed E-state index contributed by atoms with van der Waals surface area (Å²) in [6.07, 6.45) is 1.77. The van der Waals surface area contributed by atoms with Gasteiger partial charge in [-0.25, -0.2) is 18.4 Å². The van der Waals surface area contributed by atoms with E-state index in [1.54, 1.807) is 0 Å². The van der Waals surface area contributed by atoms with Gasteiger partial charge in [-0.3, -0.25) is 0 Å². The Morgan fingerprint density at radius 2 is 1.85 bits per heavy atom. The molecule has 0 atom stereocenters. The lowest BCUT2D eigenvalue weighted by molar-refractivity contribution is 0.545. The highest BCUT2D eigenvalue weighted by Gasteiger charge is 2.20. The molecule has 1 aromatic heterocycles. The van der Waals surface area contributed by atoms with E-state index in [0.29, 0.717) is 29.8 Å². The predicted molar refractivity (Wildman–Crippen MR) is 83.3 cm³/mol. The summed E-state index contributed by atoms with van der Waals surface area (Å²) in [4.78, 5) is 8.77. The molecule has 1 aromatic rings. The first kappa shape index (κ1) is 17.2. The van der Waals surface area contributed by atoms with Crippen molar-refractivity contribution in [3.8, 4) is 0 Å². The summed E-state index contributed by atoms with van der Waals surface area (Å²) in [6, 6.07) is 0. The summed E-state index contributed by atoms with van der Waals surface area (Å²) in [6.45, 7) is 8.42. The fourth-order valence-electron chi connectivity index (χ4n) is 1.54. The van der Waals surface area contributed by atoms with Crippen LogP contribution in [0.5, 0.6) is 0 Å². The highest BCUT2D eigenvalue weighted by atomic mass is 35.5. The highest BCUT2D eigenvalue weighted by molar-refractivity contribution is 7.90. The third-order valence-corrected chi connectivity index (χ3v) is 4.14. The van der Waals surface area contributed by atoms with E-state index < -0.39 is 9.84 Å². The number of nitrogens with one attached hydrogen (secondary N) is 1. The maximum Gasteiger partial charge on any atom is 0.147 e. The Hall–Kier alpha value is -0.880. The van der Waals surface area contributed by atoms with Crippen molar-refractivity contribution in [2.45, 2.75) is 39.5 Å². The van der Waals surface area contributed by atoms with Crippen molar-refractivity contribution in [1.82, 2.24) is 9.97 Å². The molecule has 0 spiro atoms. The molecule has 0 unspecified atom stereocenters. The zero-order valence-corrected chi connectivity index (χ0v) is 14.2. The Labute approximate surface area is 126 Å². The van der Waals surface area contributed by atoms with Crippen LogP contribution in [0.25, 0.3) is 0 Å². The zero-order chi connectivity index (χ0) is 15.6. The zero-order valence-electron chi connectivity index (χ0n) is 12.6. The lowest BCUT2D eigenvalue weighted by atomic mass is 9.95. The van der Waals surface area contributed by atoms with Gasteiger partial charge in [-0.05, 0) is 13.3 Å². The minimum Gasteiger partial charge on any atom is -0.370 e. The molecule has 5 nitrogen and oxygen atoms in total. The van der Waals surface area contributed by atoms with Gasteiger partial charge in [0.05, 0.1) is 5.75 Å². The Balaban J connectivity index is 2.82. The van der Waals surface area contributed by atoms with E-state index in [1.165, 1.54) is 6.26 Å². The molecule has 20 heavy (non-hydrogen) atoms. The number of aromatic nitrogens is 2. The number of anilines is 1. The first-order chi connectivity index (χ1) is 9.00. The monoisotopic (exact) mass is 319 g/mol. The van der Waals surface area contributed by atoms with E-state index in [-0.39, 0.29) is 11.2 Å². The molecule has 0 aromatic carbocycles. The molecule has 0 radical (unpaired) electrons. The molecule has 1 rings (SSSR count). The van der Waals surface area contributed by atoms with Gasteiger partial charge in [0, 0.05) is 23.8 Å². The smallest absolute Gasteiger partial charge is 0.147 e. The van der Waals surface area contributed by atoms with Crippen LogP contribution in [0.2, 0.25) is 5.15 Å². The van der Waals surface area contributed by atoms with Gasteiger partial charge in [0.15, 0.2) is 0 Å². The van der Waals surface area contributed by atoms with Gasteiger partial charge in [-0.1, -0.05) is 32.4 Å². The lowest BCUT2D eigenvalue weighted by Gasteiger charge is -2.19. The summed E-state index contributed by atoms with van der Waals surface area (Å²) < 4.78 is 22.1. The van der Waals surface area contributed by atoms with Gasteiger partial charge in [-0.2, -0.15) is 0 Å². The van der Waals surface area contributed by atoms with Crippen molar-refractivity contribution in [2.24, 2.45) is 0 Å². The van der Waals surface area contributed by atoms with Gasteiger partial charge >= 0.3 is 0 Å². The van der Waals surface area contributed by atoms with Crippen LogP contribution in [0.1, 0.15) is 38.6 Å². The molecule has 0 amide bonds. The van der Waals surface area contributed by atoms with Crippen molar-refractivity contribution in [1.29, 1.82) is 0 Å². The fraction of sp³-hybridized carbons (Fsp3) is 0.692. The summed E-state index contributed by atoms with van der Waals surface area (Å²) in [5, 5.41) is 3.57. The van der Waals surface area contributed by atoms with Crippen molar-refractivity contribution in [2.75, 3.05) is 23.9 Å². The second kappa shape index (κ2) is 6.26. The molecule has 0 fully saturated rings. The summed E-state index contributed by atoms with van der Waals surface area (Å²) >= 11 is 6.12. The Kier molecular flexibility index (Phi) is 5.38. The standard InChI is InChI=1S/C13H22ClN3O2S/c1-9-10(14)16-12(13(2,3)4)17-11(9)15-7-6-8-20(5,18)19/h6-8H2,1-5H3,(H,15,16,17). The molecular formula is C13H22ClN3O2S. The average molecular weight is 320 g/mol. The Bertz CT molecular complexity index is 580. The molecule has 0 aliphatic heterocycles. The Morgan fingerprint density at radius 3 is 2.35 bits per heavy atom. The van der Waals surface area contributed by atoms with Gasteiger partial charge < -0.3 is 5.32 Å². The average Bonchev–Trinajstić information content (AvgIpc) is 2.26. The van der Waals surface area contributed by atoms with Gasteiger partial charge in [0.1, 0.15) is 26.6 Å². The molecule has 1 heterocycles. The van der Waals surface area contributed by atoms with Crippen LogP contribution in [-0.2, 0) is 15.3 Å². The molecule has 0 aliphatic rings. The summed E-state index contributed by atoms with van der Waals surface area (Å²) in [7, 11) is -2.93. The molecule has 0 saturated carbocycles. The number of hydrogen-bond acceptors (Lipinski definition) is 5. The molecule has 114 valence electrons. The second-order valence-corrected chi connectivity index (χ2v) is 8.59. The summed E-state index contributed by atoms with van der Waals surface area (Å²) in [5.41, 5.74) is 0.583. The van der Waals surface area contributed by atoms with Crippen molar-refractivity contribution >= 4 is 27.3 Å². The molecule has 0 bridgehead atoms. The van der Waals surface area contributed by atoms with Crippen LogP contribution in [0.15, 0.2) is 0 Å². The third-order valence-electron chi connectivity index (χ3n) is 2.74. The van der Waals surface area contributed by atoms with Crippen LogP contribution >= 0.6 is 11.6 Å².